The highest BCUT2D eigenvalue weighted by molar-refractivity contribution is 5.76. The van der Waals surface area contributed by atoms with Crippen LogP contribution in [0, 0.1) is 0 Å². The fraction of sp³-hybridized carbons (Fsp3) is 0.471. The fourth-order valence-electron chi connectivity index (χ4n) is 1.81. The lowest BCUT2D eigenvalue weighted by Crippen LogP contribution is -2.24. The molecule has 108 valence electrons. The normalized spacial score (nSPS) is 9.47. The molecule has 0 spiro atoms. The van der Waals surface area contributed by atoms with Crippen molar-refractivity contribution >= 4 is 5.91 Å². The van der Waals surface area contributed by atoms with Crippen LogP contribution in [0.2, 0.25) is 0 Å². The summed E-state index contributed by atoms with van der Waals surface area (Å²) in [6.07, 6.45) is 7.81. The van der Waals surface area contributed by atoms with Crippen molar-refractivity contribution in [1.82, 2.24) is 5.32 Å². The smallest absolute Gasteiger partial charge is 0.220 e. The summed E-state index contributed by atoms with van der Waals surface area (Å²) in [5.41, 5.74) is 1.22. The minimum absolute atomic E-state index is 0. The van der Waals surface area contributed by atoms with Gasteiger partial charge >= 0.3 is 0 Å². The topological polar surface area (TPSA) is 29.1 Å². The van der Waals surface area contributed by atoms with Gasteiger partial charge in [-0.1, -0.05) is 50.3 Å². The maximum Gasteiger partial charge on any atom is 0.220 e. The van der Waals surface area contributed by atoms with E-state index in [0.29, 0.717) is 6.42 Å². The van der Waals surface area contributed by atoms with E-state index in [9.17, 15) is 4.79 Å². The maximum atomic E-state index is 11.6. The molecule has 2 nitrogen and oxygen atoms in total. The zero-order valence-electron chi connectivity index (χ0n) is 11.0. The number of allylic oxidation sites excluding steroid dienone is 1. The molecule has 1 aromatic rings. The Balaban J connectivity index is 0. The number of nitrogens with one attached hydrogen (secondary N) is 1. The fourth-order valence-corrected chi connectivity index (χ4v) is 1.81. The molecule has 2 heteroatoms. The van der Waals surface area contributed by atoms with E-state index in [1.54, 1.807) is 0 Å². The van der Waals surface area contributed by atoms with Crippen LogP contribution in [-0.2, 0) is 11.2 Å². The number of amides is 1. The van der Waals surface area contributed by atoms with Crippen molar-refractivity contribution in [1.29, 1.82) is 0 Å². The van der Waals surface area contributed by atoms with E-state index in [-0.39, 0.29) is 14.8 Å². The molecule has 1 aromatic carbocycles. The summed E-state index contributed by atoms with van der Waals surface area (Å²) in [6, 6.07) is 10.1. The summed E-state index contributed by atoms with van der Waals surface area (Å²) in [7, 11) is 0. The third-order valence-electron chi connectivity index (χ3n) is 2.89. The molecule has 0 saturated heterocycles. The van der Waals surface area contributed by atoms with Gasteiger partial charge in [-0.25, -0.2) is 0 Å². The van der Waals surface area contributed by atoms with Crippen LogP contribution in [0.5, 0.6) is 0 Å². The minimum atomic E-state index is 0. The van der Waals surface area contributed by atoms with Crippen molar-refractivity contribution in [3.63, 3.8) is 0 Å². The molecule has 0 aliphatic rings. The first kappa shape index (κ1) is 17.4. The number of aryl methyl sites for hydroxylation is 1. The molecular weight excluding hydrogens is 234 g/mol. The molecular formula is C17H29NO. The lowest BCUT2D eigenvalue weighted by atomic mass is 10.1. The number of carbonyl (C=O) groups is 1. The van der Waals surface area contributed by atoms with Crippen LogP contribution in [0.3, 0.4) is 0 Å². The van der Waals surface area contributed by atoms with Crippen molar-refractivity contribution in [3.8, 4) is 0 Å². The van der Waals surface area contributed by atoms with E-state index in [2.05, 4.69) is 24.0 Å². The van der Waals surface area contributed by atoms with Crippen LogP contribution in [0.1, 0.15) is 46.5 Å². The van der Waals surface area contributed by atoms with Crippen LogP contribution in [0.25, 0.3) is 0 Å². The molecule has 1 N–H and O–H groups in total. The van der Waals surface area contributed by atoms with Crippen molar-refractivity contribution in [2.45, 2.75) is 46.0 Å². The summed E-state index contributed by atoms with van der Waals surface area (Å²) in [4.78, 5) is 11.6. The van der Waals surface area contributed by atoms with Gasteiger partial charge in [0, 0.05) is 14.4 Å². The average molecular weight is 263 g/mol. The molecule has 0 aliphatic heterocycles. The molecule has 0 aliphatic carbocycles. The maximum absolute atomic E-state index is 11.6. The van der Waals surface area contributed by atoms with E-state index in [4.69, 9.17) is 0 Å². The molecule has 0 bridgehead atoms. The molecule has 0 radical (unpaired) electrons. The van der Waals surface area contributed by atoms with Crippen LogP contribution in [0.4, 0.5) is 0 Å². The zero-order chi connectivity index (χ0) is 13.1. The van der Waals surface area contributed by atoms with Gasteiger partial charge in [0.2, 0.25) is 5.91 Å². The number of benzene rings is 1. The Hall–Kier alpha value is -1.57. The summed E-state index contributed by atoms with van der Waals surface area (Å²) >= 11 is 0. The lowest BCUT2D eigenvalue weighted by Gasteiger charge is -2.05. The lowest BCUT2D eigenvalue weighted by molar-refractivity contribution is -0.121. The molecule has 0 heterocycles. The van der Waals surface area contributed by atoms with E-state index in [1.165, 1.54) is 12.0 Å². The summed E-state index contributed by atoms with van der Waals surface area (Å²) in [5.74, 6) is 0.155. The third-order valence-corrected chi connectivity index (χ3v) is 2.89. The van der Waals surface area contributed by atoms with Gasteiger partial charge in [-0.2, -0.15) is 0 Å². The molecule has 1 amide bonds. The Morgan fingerprint density at radius 1 is 1.21 bits per heavy atom. The van der Waals surface area contributed by atoms with Gasteiger partial charge in [-0.05, 0) is 31.2 Å². The molecule has 19 heavy (non-hydrogen) atoms. The standard InChI is InChI=1S/C16H23NO.CH4.H2/c1-2-3-4-5-9-14-17-16(18)13-12-15-10-7-6-8-11-15;;/h2,6-8,10-11H,1,3-5,9,12-14H2,(H,17,18);1H4;1H. The zero-order valence-corrected chi connectivity index (χ0v) is 11.0. The Morgan fingerprint density at radius 2 is 1.95 bits per heavy atom. The van der Waals surface area contributed by atoms with Crippen LogP contribution in [-0.4, -0.2) is 12.5 Å². The van der Waals surface area contributed by atoms with E-state index in [0.717, 1.165) is 32.2 Å². The Bertz CT molecular complexity index is 351. The van der Waals surface area contributed by atoms with Gasteiger partial charge in [-0.3, -0.25) is 4.79 Å². The number of hydrogen-bond donors (Lipinski definition) is 1. The summed E-state index contributed by atoms with van der Waals surface area (Å²) in [5, 5.41) is 2.97. The highest BCUT2D eigenvalue weighted by Gasteiger charge is 2.00. The van der Waals surface area contributed by atoms with E-state index < -0.39 is 0 Å². The number of unbranched alkanes of at least 4 members (excludes halogenated alkanes) is 3. The van der Waals surface area contributed by atoms with Crippen molar-refractivity contribution in [2.75, 3.05) is 6.54 Å². The second kappa shape index (κ2) is 11.5. The number of rotatable bonds is 9. The van der Waals surface area contributed by atoms with Crippen LogP contribution >= 0.6 is 0 Å². The van der Waals surface area contributed by atoms with E-state index in [1.807, 2.05) is 24.3 Å². The highest BCUT2D eigenvalue weighted by atomic mass is 16.1. The summed E-state index contributed by atoms with van der Waals surface area (Å²) in [6.45, 7) is 4.49. The molecule has 0 atom stereocenters. The molecule has 0 unspecified atom stereocenters. The Morgan fingerprint density at radius 3 is 2.63 bits per heavy atom. The quantitative estimate of drug-likeness (QED) is 0.520. The van der Waals surface area contributed by atoms with Crippen molar-refractivity contribution in [2.24, 2.45) is 0 Å². The second-order valence-corrected chi connectivity index (χ2v) is 4.47. The molecule has 0 saturated carbocycles. The molecule has 0 aromatic heterocycles. The van der Waals surface area contributed by atoms with Gasteiger partial charge in [-0.15, -0.1) is 6.58 Å². The molecule has 0 fully saturated rings. The second-order valence-electron chi connectivity index (χ2n) is 4.47. The van der Waals surface area contributed by atoms with E-state index >= 15 is 0 Å². The minimum Gasteiger partial charge on any atom is -0.356 e. The SMILES string of the molecule is C.C=CCCCCCNC(=O)CCc1ccccc1.[HH]. The van der Waals surface area contributed by atoms with Crippen molar-refractivity contribution < 1.29 is 6.22 Å². The highest BCUT2D eigenvalue weighted by Crippen LogP contribution is 2.02. The number of carbonyl (C=O) groups excluding carboxylic acids is 1. The first-order chi connectivity index (χ1) is 8.83. The van der Waals surface area contributed by atoms with Gasteiger partial charge < -0.3 is 5.32 Å². The van der Waals surface area contributed by atoms with Crippen molar-refractivity contribution in [3.05, 3.63) is 48.6 Å². The van der Waals surface area contributed by atoms with Crippen LogP contribution < -0.4 is 5.32 Å². The predicted molar refractivity (Wildman–Crippen MR) is 85.3 cm³/mol. The van der Waals surface area contributed by atoms with Gasteiger partial charge in [0.05, 0.1) is 0 Å². The first-order valence-electron chi connectivity index (χ1n) is 6.74. The molecule has 1 rings (SSSR count). The number of hydrogen-bond acceptors (Lipinski definition) is 1. The monoisotopic (exact) mass is 263 g/mol. The third kappa shape index (κ3) is 9.06. The summed E-state index contributed by atoms with van der Waals surface area (Å²) < 4.78 is 0. The van der Waals surface area contributed by atoms with Gasteiger partial charge in [0.1, 0.15) is 0 Å². The Kier molecular flexibility index (Phi) is 10.6. The largest absolute Gasteiger partial charge is 0.356 e. The Labute approximate surface area is 119 Å². The van der Waals surface area contributed by atoms with Gasteiger partial charge in [0.25, 0.3) is 0 Å². The first-order valence-corrected chi connectivity index (χ1v) is 6.74. The average Bonchev–Trinajstić information content (AvgIpc) is 2.41. The van der Waals surface area contributed by atoms with Gasteiger partial charge in [0.15, 0.2) is 0 Å². The van der Waals surface area contributed by atoms with Crippen LogP contribution in [0.15, 0.2) is 43.0 Å². The predicted octanol–water partition coefficient (Wildman–Crippen LogP) is 4.36.